The molecule has 4 heteroatoms. The molecule has 2 nitrogen and oxygen atoms in total. The van der Waals surface area contributed by atoms with Crippen molar-refractivity contribution < 1.29 is 4.79 Å². The summed E-state index contributed by atoms with van der Waals surface area (Å²) >= 11 is 6.70. The highest BCUT2D eigenvalue weighted by Gasteiger charge is 2.09. The Balaban J connectivity index is 2.68. The molecule has 1 aromatic carbocycles. The van der Waals surface area contributed by atoms with Crippen molar-refractivity contribution in [3.63, 3.8) is 0 Å². The Kier molecular flexibility index (Phi) is 5.32. The molecule has 1 N–H and O–H groups in total. The zero-order valence-corrected chi connectivity index (χ0v) is 11.7. The molecule has 15 heavy (non-hydrogen) atoms. The summed E-state index contributed by atoms with van der Waals surface area (Å²) in [6.45, 7) is 2.83. The Morgan fingerprint density at radius 2 is 2.13 bits per heavy atom. The average molecular weight is 335 g/mol. The summed E-state index contributed by atoms with van der Waals surface area (Å²) < 4.78 is 1.73. The first-order valence-corrected chi connectivity index (χ1v) is 6.47. The Morgan fingerprint density at radius 3 is 2.80 bits per heavy atom. The molecule has 0 aliphatic heterocycles. The van der Waals surface area contributed by atoms with Gasteiger partial charge in [-0.2, -0.15) is 0 Å². The molecule has 0 spiro atoms. The number of hydrogen-bond acceptors (Lipinski definition) is 1. The van der Waals surface area contributed by atoms with E-state index >= 15 is 0 Å². The normalized spacial score (nSPS) is 10.1. The largest absolute Gasteiger partial charge is 0.352 e. The maximum atomic E-state index is 11.7. The van der Waals surface area contributed by atoms with Crippen molar-refractivity contribution in [3.8, 4) is 0 Å². The van der Waals surface area contributed by atoms with Gasteiger partial charge in [-0.15, -0.1) is 0 Å². The van der Waals surface area contributed by atoms with Crippen LogP contribution in [-0.4, -0.2) is 12.5 Å². The second-order valence-electron chi connectivity index (χ2n) is 3.23. The van der Waals surface area contributed by atoms with Crippen LogP contribution in [0.1, 0.15) is 30.1 Å². The van der Waals surface area contributed by atoms with Crippen LogP contribution in [0.4, 0.5) is 0 Å². The van der Waals surface area contributed by atoms with Crippen molar-refractivity contribution in [2.24, 2.45) is 0 Å². The SMILES string of the molecule is CCCCNC(=O)c1cc(Br)ccc1Br. The number of halogens is 2. The van der Waals surface area contributed by atoms with Crippen molar-refractivity contribution >= 4 is 37.8 Å². The molecule has 0 heterocycles. The van der Waals surface area contributed by atoms with Gasteiger partial charge in [0.15, 0.2) is 0 Å². The van der Waals surface area contributed by atoms with Crippen molar-refractivity contribution in [1.29, 1.82) is 0 Å². The molecule has 0 radical (unpaired) electrons. The average Bonchev–Trinajstić information content (AvgIpc) is 2.22. The molecule has 0 atom stereocenters. The first-order chi connectivity index (χ1) is 7.15. The molecule has 0 bridgehead atoms. The lowest BCUT2D eigenvalue weighted by Gasteiger charge is -2.06. The van der Waals surface area contributed by atoms with E-state index in [1.165, 1.54) is 0 Å². The fraction of sp³-hybridized carbons (Fsp3) is 0.364. The molecular formula is C11H13Br2NO. The van der Waals surface area contributed by atoms with Crippen LogP contribution < -0.4 is 5.32 Å². The summed E-state index contributed by atoms with van der Waals surface area (Å²) in [6.07, 6.45) is 2.09. The van der Waals surface area contributed by atoms with Gasteiger partial charge in [0.1, 0.15) is 0 Å². The lowest BCUT2D eigenvalue weighted by atomic mass is 10.2. The zero-order valence-electron chi connectivity index (χ0n) is 8.52. The van der Waals surface area contributed by atoms with Gasteiger partial charge in [0.2, 0.25) is 0 Å². The van der Waals surface area contributed by atoms with Crippen LogP contribution >= 0.6 is 31.9 Å². The van der Waals surface area contributed by atoms with E-state index in [9.17, 15) is 4.79 Å². The predicted octanol–water partition coefficient (Wildman–Crippen LogP) is 3.74. The molecule has 1 rings (SSSR count). The minimum atomic E-state index is -0.0309. The first-order valence-electron chi connectivity index (χ1n) is 4.88. The van der Waals surface area contributed by atoms with Gasteiger partial charge >= 0.3 is 0 Å². The van der Waals surface area contributed by atoms with E-state index in [-0.39, 0.29) is 5.91 Å². The summed E-state index contributed by atoms with van der Waals surface area (Å²) in [6, 6.07) is 5.57. The summed E-state index contributed by atoms with van der Waals surface area (Å²) in [4.78, 5) is 11.7. The van der Waals surface area contributed by atoms with Crippen LogP contribution in [0.2, 0.25) is 0 Å². The standard InChI is InChI=1S/C11H13Br2NO/c1-2-3-6-14-11(15)9-7-8(12)4-5-10(9)13/h4-5,7H,2-3,6H2,1H3,(H,14,15). The highest BCUT2D eigenvalue weighted by molar-refractivity contribution is 9.11. The minimum absolute atomic E-state index is 0.0309. The van der Waals surface area contributed by atoms with E-state index in [0.29, 0.717) is 5.56 Å². The predicted molar refractivity (Wildman–Crippen MR) is 69.1 cm³/mol. The Labute approximate surface area is 107 Å². The molecule has 0 unspecified atom stereocenters. The van der Waals surface area contributed by atoms with E-state index in [0.717, 1.165) is 28.3 Å². The molecule has 0 aliphatic rings. The lowest BCUT2D eigenvalue weighted by molar-refractivity contribution is 0.0952. The molecule has 1 aromatic rings. The number of amides is 1. The Hall–Kier alpha value is -0.350. The number of benzene rings is 1. The van der Waals surface area contributed by atoms with Gasteiger partial charge in [-0.05, 0) is 40.5 Å². The fourth-order valence-corrected chi connectivity index (χ4v) is 1.93. The van der Waals surface area contributed by atoms with Crippen LogP contribution in [0, 0.1) is 0 Å². The van der Waals surface area contributed by atoms with Crippen LogP contribution in [-0.2, 0) is 0 Å². The second kappa shape index (κ2) is 6.28. The molecule has 0 aliphatic carbocycles. The van der Waals surface area contributed by atoms with Gasteiger partial charge in [-0.3, -0.25) is 4.79 Å². The van der Waals surface area contributed by atoms with E-state index in [4.69, 9.17) is 0 Å². The quantitative estimate of drug-likeness (QED) is 0.835. The molecule has 0 saturated heterocycles. The Morgan fingerprint density at radius 1 is 1.40 bits per heavy atom. The molecule has 1 amide bonds. The summed E-state index contributed by atoms with van der Waals surface area (Å²) in [7, 11) is 0. The van der Waals surface area contributed by atoms with Crippen LogP contribution in [0.15, 0.2) is 27.1 Å². The number of carbonyl (C=O) groups is 1. The van der Waals surface area contributed by atoms with Gasteiger partial charge in [0.05, 0.1) is 5.56 Å². The van der Waals surface area contributed by atoms with Crippen molar-refractivity contribution in [1.82, 2.24) is 5.32 Å². The van der Waals surface area contributed by atoms with Crippen LogP contribution in [0.3, 0.4) is 0 Å². The van der Waals surface area contributed by atoms with Gasteiger partial charge in [0.25, 0.3) is 5.91 Å². The van der Waals surface area contributed by atoms with Crippen molar-refractivity contribution in [2.45, 2.75) is 19.8 Å². The maximum absolute atomic E-state index is 11.7. The molecule has 82 valence electrons. The molecular weight excluding hydrogens is 322 g/mol. The lowest BCUT2D eigenvalue weighted by Crippen LogP contribution is -2.24. The number of carbonyl (C=O) groups excluding carboxylic acids is 1. The number of nitrogens with one attached hydrogen (secondary N) is 1. The summed E-state index contributed by atoms with van der Waals surface area (Å²) in [5.74, 6) is -0.0309. The fourth-order valence-electron chi connectivity index (χ4n) is 1.15. The zero-order chi connectivity index (χ0) is 11.3. The van der Waals surface area contributed by atoms with E-state index in [2.05, 4.69) is 44.1 Å². The Bertz CT molecular complexity index is 352. The van der Waals surface area contributed by atoms with Gasteiger partial charge < -0.3 is 5.32 Å². The van der Waals surface area contributed by atoms with Crippen molar-refractivity contribution in [3.05, 3.63) is 32.7 Å². The van der Waals surface area contributed by atoms with Gasteiger partial charge in [0, 0.05) is 15.5 Å². The third kappa shape index (κ3) is 3.95. The topological polar surface area (TPSA) is 29.1 Å². The monoisotopic (exact) mass is 333 g/mol. The van der Waals surface area contributed by atoms with Gasteiger partial charge in [-0.25, -0.2) is 0 Å². The van der Waals surface area contributed by atoms with E-state index in [1.54, 1.807) is 0 Å². The van der Waals surface area contributed by atoms with Crippen LogP contribution in [0.25, 0.3) is 0 Å². The first kappa shape index (κ1) is 12.7. The minimum Gasteiger partial charge on any atom is -0.352 e. The summed E-state index contributed by atoms with van der Waals surface area (Å²) in [5, 5.41) is 2.88. The van der Waals surface area contributed by atoms with E-state index < -0.39 is 0 Å². The molecule has 0 fully saturated rings. The number of hydrogen-bond donors (Lipinski definition) is 1. The molecule has 0 saturated carbocycles. The maximum Gasteiger partial charge on any atom is 0.252 e. The number of unbranched alkanes of at least 4 members (excludes halogenated alkanes) is 1. The smallest absolute Gasteiger partial charge is 0.252 e. The van der Waals surface area contributed by atoms with Crippen molar-refractivity contribution in [2.75, 3.05) is 6.54 Å². The van der Waals surface area contributed by atoms with Gasteiger partial charge in [-0.1, -0.05) is 29.3 Å². The summed E-state index contributed by atoms with van der Waals surface area (Å²) in [5.41, 5.74) is 0.667. The molecule has 0 aromatic heterocycles. The highest BCUT2D eigenvalue weighted by atomic mass is 79.9. The second-order valence-corrected chi connectivity index (χ2v) is 5.00. The third-order valence-corrected chi connectivity index (χ3v) is 3.17. The van der Waals surface area contributed by atoms with Crippen LogP contribution in [0.5, 0.6) is 0 Å². The number of rotatable bonds is 4. The van der Waals surface area contributed by atoms with E-state index in [1.807, 2.05) is 18.2 Å². The third-order valence-electron chi connectivity index (χ3n) is 1.99. The highest BCUT2D eigenvalue weighted by Crippen LogP contribution is 2.21.